The molecule has 0 saturated carbocycles. The van der Waals surface area contributed by atoms with Crippen LogP contribution < -0.4 is 0 Å². The average Bonchev–Trinajstić information content (AvgIpc) is 2.55. The second-order valence-corrected chi connectivity index (χ2v) is 3.45. The molecule has 2 rings (SSSR count). The Balaban J connectivity index is -0.000000368. The molecule has 0 aliphatic heterocycles. The van der Waals surface area contributed by atoms with E-state index in [-0.39, 0.29) is 17.1 Å². The second-order valence-electron chi connectivity index (χ2n) is 3.45. The molecule has 0 N–H and O–H groups in total. The molecule has 0 bridgehead atoms. The van der Waals surface area contributed by atoms with E-state index < -0.39 is 0 Å². The summed E-state index contributed by atoms with van der Waals surface area (Å²) in [7, 11) is 0. The van der Waals surface area contributed by atoms with E-state index in [9.17, 15) is 0 Å². The summed E-state index contributed by atoms with van der Waals surface area (Å²) in [5.74, 6) is 0. The molecule has 1 aromatic carbocycles. The summed E-state index contributed by atoms with van der Waals surface area (Å²) in [6.07, 6.45) is 10.2. The first-order chi connectivity index (χ1) is 9.45. The van der Waals surface area contributed by atoms with Crippen molar-refractivity contribution in [1.82, 2.24) is 0 Å². The van der Waals surface area contributed by atoms with Crippen LogP contribution in [0.15, 0.2) is 54.1 Å². The van der Waals surface area contributed by atoms with Crippen molar-refractivity contribution in [3.8, 4) is 0 Å². The minimum absolute atomic E-state index is 0. The summed E-state index contributed by atoms with van der Waals surface area (Å²) in [5, 5.41) is 0. The molecule has 0 spiro atoms. The van der Waals surface area contributed by atoms with Gasteiger partial charge in [0.2, 0.25) is 0 Å². The molecule has 0 heterocycles. The van der Waals surface area contributed by atoms with Crippen molar-refractivity contribution in [2.75, 3.05) is 0 Å². The van der Waals surface area contributed by atoms with Crippen LogP contribution in [0.4, 0.5) is 0 Å². The fourth-order valence-corrected chi connectivity index (χ4v) is 1.66. The van der Waals surface area contributed by atoms with Crippen molar-refractivity contribution in [2.45, 2.75) is 19.3 Å². The maximum atomic E-state index is 7.50. The van der Waals surface area contributed by atoms with E-state index in [1.165, 1.54) is 18.4 Å². The molecule has 1 aromatic rings. The van der Waals surface area contributed by atoms with Gasteiger partial charge in [0.15, 0.2) is 0 Å². The molecule has 0 fully saturated rings. The Morgan fingerprint density at radius 1 is 0.900 bits per heavy atom. The van der Waals surface area contributed by atoms with Gasteiger partial charge < -0.3 is 0 Å². The van der Waals surface area contributed by atoms with Crippen LogP contribution >= 0.6 is 0 Å². The molecule has 104 valence electrons. The molecular formula is C16H14FeO3. The predicted octanol–water partition coefficient (Wildman–Crippen LogP) is 3.39. The van der Waals surface area contributed by atoms with Crippen LogP contribution in [0.25, 0.3) is 0 Å². The SMILES string of the molecule is C1=CCCC(Cc2ccccc2)=C1.[C-]#[O+].[C-]#[O+].[C-]#[O+].[Fe]. The Morgan fingerprint density at radius 2 is 1.45 bits per heavy atom. The first-order valence-electron chi connectivity index (χ1n) is 5.45. The van der Waals surface area contributed by atoms with Crippen LogP contribution in [0.3, 0.4) is 0 Å². The Bertz CT molecular complexity index is 428. The van der Waals surface area contributed by atoms with E-state index in [0.717, 1.165) is 6.42 Å². The van der Waals surface area contributed by atoms with Gasteiger partial charge in [-0.15, -0.1) is 0 Å². The maximum Gasteiger partial charge on any atom is 0 e. The standard InChI is InChI=1S/C13H14.3CO.Fe/c1-3-7-12(8-4-1)11-13-9-5-2-6-10-13;3*1-2;/h1-5,7-9H,6,10-11H2;;;;. The van der Waals surface area contributed by atoms with E-state index in [4.69, 9.17) is 14.0 Å². The van der Waals surface area contributed by atoms with Gasteiger partial charge >= 0.3 is 33.9 Å². The van der Waals surface area contributed by atoms with Crippen molar-refractivity contribution < 1.29 is 31.0 Å². The number of hydrogen-bond acceptors (Lipinski definition) is 0. The van der Waals surface area contributed by atoms with E-state index in [2.05, 4.69) is 68.5 Å². The molecule has 0 saturated heterocycles. The van der Waals surface area contributed by atoms with Crippen LogP contribution in [0.2, 0.25) is 0 Å². The summed E-state index contributed by atoms with van der Waals surface area (Å²) >= 11 is 0. The number of rotatable bonds is 2. The monoisotopic (exact) mass is 310 g/mol. The first-order valence-corrected chi connectivity index (χ1v) is 5.45. The topological polar surface area (TPSA) is 59.7 Å². The van der Waals surface area contributed by atoms with Crippen LogP contribution in [0.5, 0.6) is 0 Å². The summed E-state index contributed by atoms with van der Waals surface area (Å²) in [5.41, 5.74) is 2.97. The fourth-order valence-electron chi connectivity index (χ4n) is 1.66. The van der Waals surface area contributed by atoms with Crippen molar-refractivity contribution in [2.24, 2.45) is 0 Å². The average molecular weight is 310 g/mol. The minimum atomic E-state index is 0. The van der Waals surface area contributed by atoms with Crippen LogP contribution in [-0.2, 0) is 37.4 Å². The zero-order chi connectivity index (χ0) is 14.9. The number of benzene rings is 1. The molecule has 4 heteroatoms. The predicted molar refractivity (Wildman–Crippen MR) is 68.4 cm³/mol. The molecule has 0 aromatic heterocycles. The summed E-state index contributed by atoms with van der Waals surface area (Å²) in [4.78, 5) is 0. The third kappa shape index (κ3) is 11.5. The molecule has 0 unspecified atom stereocenters. The maximum absolute atomic E-state index is 7.50. The third-order valence-electron chi connectivity index (χ3n) is 2.37. The van der Waals surface area contributed by atoms with E-state index in [0.29, 0.717) is 0 Å². The molecule has 0 radical (unpaired) electrons. The Kier molecular flexibility index (Phi) is 23.3. The van der Waals surface area contributed by atoms with Gasteiger partial charge in [-0.25, -0.2) is 0 Å². The van der Waals surface area contributed by atoms with Gasteiger partial charge in [0.1, 0.15) is 0 Å². The largest absolute Gasteiger partial charge is 0 e. The molecule has 20 heavy (non-hydrogen) atoms. The van der Waals surface area contributed by atoms with Crippen molar-refractivity contribution in [3.05, 3.63) is 79.6 Å². The van der Waals surface area contributed by atoms with Crippen molar-refractivity contribution in [1.29, 1.82) is 0 Å². The molecule has 1 aliphatic rings. The molecule has 1 aliphatic carbocycles. The van der Waals surface area contributed by atoms with Gasteiger partial charge in [0.25, 0.3) is 0 Å². The van der Waals surface area contributed by atoms with Gasteiger partial charge in [-0.05, 0) is 24.8 Å². The second kappa shape index (κ2) is 19.8. The third-order valence-corrected chi connectivity index (χ3v) is 2.37. The quantitative estimate of drug-likeness (QED) is 0.457. The number of allylic oxidation sites excluding steroid dienone is 4. The first kappa shape index (κ1) is 23.5. The fraction of sp³-hybridized carbons (Fsp3) is 0.188. The zero-order valence-electron chi connectivity index (χ0n) is 10.8. The van der Waals surface area contributed by atoms with Crippen molar-refractivity contribution >= 4 is 0 Å². The Labute approximate surface area is 130 Å². The Morgan fingerprint density at radius 3 is 1.90 bits per heavy atom. The van der Waals surface area contributed by atoms with Crippen LogP contribution in [0, 0.1) is 20.0 Å². The van der Waals surface area contributed by atoms with Gasteiger partial charge in [-0.1, -0.05) is 54.1 Å². The van der Waals surface area contributed by atoms with E-state index >= 15 is 0 Å². The van der Waals surface area contributed by atoms with E-state index in [1.54, 1.807) is 5.57 Å². The van der Waals surface area contributed by atoms with Gasteiger partial charge in [0.05, 0.1) is 0 Å². The zero-order valence-corrected chi connectivity index (χ0v) is 11.9. The Hall–Kier alpha value is -1.56. The van der Waals surface area contributed by atoms with Crippen LogP contribution in [0.1, 0.15) is 18.4 Å². The normalized spacial score (nSPS) is 10.4. The minimum Gasteiger partial charge on any atom is 0 e. The van der Waals surface area contributed by atoms with Gasteiger partial charge in [-0.2, -0.15) is 0 Å². The summed E-state index contributed by atoms with van der Waals surface area (Å²) in [6, 6.07) is 10.7. The molecule has 3 nitrogen and oxygen atoms in total. The summed E-state index contributed by atoms with van der Waals surface area (Å²) < 4.78 is 22.5. The molecule has 0 amide bonds. The molecular weight excluding hydrogens is 296 g/mol. The van der Waals surface area contributed by atoms with Gasteiger partial charge in [0, 0.05) is 17.1 Å². The van der Waals surface area contributed by atoms with Gasteiger partial charge in [-0.3, -0.25) is 0 Å². The van der Waals surface area contributed by atoms with E-state index in [1.807, 2.05) is 0 Å². The summed E-state index contributed by atoms with van der Waals surface area (Å²) in [6.45, 7) is 13.5. The smallest absolute Gasteiger partial charge is 0 e. The van der Waals surface area contributed by atoms with Crippen LogP contribution in [-0.4, -0.2) is 0 Å². The van der Waals surface area contributed by atoms with Crippen molar-refractivity contribution in [3.63, 3.8) is 0 Å². The number of hydrogen-bond donors (Lipinski definition) is 0. The molecule has 0 atom stereocenters.